The van der Waals surface area contributed by atoms with Gasteiger partial charge in [-0.1, -0.05) is 33.3 Å². The molecular weight excluding hydrogens is 268 g/mol. The molecule has 0 spiro atoms. The maximum atomic E-state index is 13.9. The molecule has 2 unspecified atom stereocenters. The van der Waals surface area contributed by atoms with E-state index in [0.717, 1.165) is 19.4 Å². The molecule has 0 amide bonds. The summed E-state index contributed by atoms with van der Waals surface area (Å²) in [6, 6.07) is 4.29. The van der Waals surface area contributed by atoms with Crippen LogP contribution in [0.3, 0.4) is 0 Å². The lowest BCUT2D eigenvalue weighted by atomic mass is 9.75. The van der Waals surface area contributed by atoms with Crippen LogP contribution < -0.4 is 5.32 Å². The van der Waals surface area contributed by atoms with E-state index >= 15 is 0 Å². The number of halogens is 2. The normalized spacial score (nSPS) is 22.4. The average Bonchev–Trinajstić information content (AvgIpc) is 2.77. The van der Waals surface area contributed by atoms with E-state index in [1.54, 1.807) is 0 Å². The van der Waals surface area contributed by atoms with Gasteiger partial charge in [-0.25, -0.2) is 8.78 Å². The predicted molar refractivity (Wildman–Crippen MR) is 83.3 cm³/mol. The zero-order valence-corrected chi connectivity index (χ0v) is 13.4. The number of hydrogen-bond acceptors (Lipinski definition) is 1. The van der Waals surface area contributed by atoms with Gasteiger partial charge in [0.2, 0.25) is 0 Å². The molecule has 0 aromatic heterocycles. The summed E-state index contributed by atoms with van der Waals surface area (Å²) in [4.78, 5) is 0. The monoisotopic (exact) mass is 295 g/mol. The third-order valence-electron chi connectivity index (χ3n) is 4.97. The number of benzene rings is 1. The second kappa shape index (κ2) is 6.87. The summed E-state index contributed by atoms with van der Waals surface area (Å²) in [6.45, 7) is 7.58. The average molecular weight is 295 g/mol. The van der Waals surface area contributed by atoms with Crippen LogP contribution in [-0.4, -0.2) is 12.6 Å². The second-order valence-corrected chi connectivity index (χ2v) is 6.95. The fraction of sp³-hybridized carbons (Fsp3) is 0.667. The zero-order valence-electron chi connectivity index (χ0n) is 13.4. The van der Waals surface area contributed by atoms with E-state index in [9.17, 15) is 8.78 Å². The van der Waals surface area contributed by atoms with Gasteiger partial charge in [-0.05, 0) is 55.7 Å². The molecule has 1 aromatic carbocycles. The maximum absolute atomic E-state index is 13.9. The first-order valence-corrected chi connectivity index (χ1v) is 8.12. The van der Waals surface area contributed by atoms with Crippen LogP contribution in [-0.2, 0) is 6.42 Å². The standard InChI is InChI=1S/C18H27F2N/c1-4-11-21-17(14-7-6-10-18(14,2)3)12-13-15(19)8-5-9-16(13)20/h5,8-9,14,17,21H,4,6-7,10-12H2,1-3H3. The Hall–Kier alpha value is -0.960. The molecule has 0 bridgehead atoms. The smallest absolute Gasteiger partial charge is 0.129 e. The van der Waals surface area contributed by atoms with Gasteiger partial charge in [-0.2, -0.15) is 0 Å². The van der Waals surface area contributed by atoms with Crippen molar-refractivity contribution in [2.45, 2.75) is 58.9 Å². The summed E-state index contributed by atoms with van der Waals surface area (Å²) in [5, 5.41) is 3.54. The van der Waals surface area contributed by atoms with Gasteiger partial charge in [0.15, 0.2) is 0 Å². The van der Waals surface area contributed by atoms with Crippen molar-refractivity contribution in [3.63, 3.8) is 0 Å². The maximum Gasteiger partial charge on any atom is 0.129 e. The Labute approximate surface area is 127 Å². The van der Waals surface area contributed by atoms with Crippen molar-refractivity contribution in [1.29, 1.82) is 0 Å². The van der Waals surface area contributed by atoms with E-state index in [2.05, 4.69) is 26.1 Å². The highest BCUT2D eigenvalue weighted by atomic mass is 19.1. The van der Waals surface area contributed by atoms with Crippen molar-refractivity contribution in [3.05, 3.63) is 35.4 Å². The lowest BCUT2D eigenvalue weighted by Gasteiger charge is -2.35. The summed E-state index contributed by atoms with van der Waals surface area (Å²) >= 11 is 0. The Kier molecular flexibility index (Phi) is 5.37. The minimum Gasteiger partial charge on any atom is -0.313 e. The van der Waals surface area contributed by atoms with Gasteiger partial charge in [-0.15, -0.1) is 0 Å². The van der Waals surface area contributed by atoms with E-state index in [1.807, 2.05) is 0 Å². The first kappa shape index (κ1) is 16.4. The topological polar surface area (TPSA) is 12.0 Å². The Balaban J connectivity index is 2.20. The van der Waals surface area contributed by atoms with Crippen LogP contribution in [0.4, 0.5) is 8.78 Å². The molecule has 0 heterocycles. The molecule has 3 heteroatoms. The molecule has 2 atom stereocenters. The van der Waals surface area contributed by atoms with Crippen molar-refractivity contribution in [1.82, 2.24) is 5.32 Å². The summed E-state index contributed by atoms with van der Waals surface area (Å²) in [7, 11) is 0. The summed E-state index contributed by atoms with van der Waals surface area (Å²) in [6.07, 6.45) is 5.02. The van der Waals surface area contributed by atoms with Gasteiger partial charge >= 0.3 is 0 Å². The quantitative estimate of drug-likeness (QED) is 0.802. The fourth-order valence-electron chi connectivity index (χ4n) is 3.73. The van der Waals surface area contributed by atoms with Gasteiger partial charge in [0.1, 0.15) is 11.6 Å². The van der Waals surface area contributed by atoms with E-state index in [0.29, 0.717) is 12.3 Å². The van der Waals surface area contributed by atoms with Crippen LogP contribution in [0.1, 0.15) is 52.0 Å². The molecule has 1 nitrogen and oxygen atoms in total. The Morgan fingerprint density at radius 3 is 2.48 bits per heavy atom. The van der Waals surface area contributed by atoms with E-state index in [4.69, 9.17) is 0 Å². The lowest BCUT2D eigenvalue weighted by molar-refractivity contribution is 0.194. The Morgan fingerprint density at radius 1 is 1.29 bits per heavy atom. The molecule has 1 aliphatic rings. The van der Waals surface area contributed by atoms with Crippen LogP contribution >= 0.6 is 0 Å². The number of hydrogen-bond donors (Lipinski definition) is 1. The predicted octanol–water partition coefficient (Wildman–Crippen LogP) is 4.70. The highest BCUT2D eigenvalue weighted by Crippen LogP contribution is 2.45. The van der Waals surface area contributed by atoms with Crippen molar-refractivity contribution < 1.29 is 8.78 Å². The van der Waals surface area contributed by atoms with Crippen molar-refractivity contribution in [2.75, 3.05) is 6.54 Å². The molecule has 0 radical (unpaired) electrons. The third kappa shape index (κ3) is 3.82. The van der Waals surface area contributed by atoms with Crippen LogP contribution in [0.2, 0.25) is 0 Å². The van der Waals surface area contributed by atoms with Crippen LogP contribution in [0.15, 0.2) is 18.2 Å². The molecule has 118 valence electrons. The van der Waals surface area contributed by atoms with Crippen LogP contribution in [0.25, 0.3) is 0 Å². The van der Waals surface area contributed by atoms with Gasteiger partial charge in [0.05, 0.1) is 0 Å². The van der Waals surface area contributed by atoms with Gasteiger partial charge < -0.3 is 5.32 Å². The highest BCUT2D eigenvalue weighted by Gasteiger charge is 2.39. The van der Waals surface area contributed by atoms with E-state index in [1.165, 1.54) is 31.0 Å². The largest absolute Gasteiger partial charge is 0.313 e. The van der Waals surface area contributed by atoms with Crippen molar-refractivity contribution >= 4 is 0 Å². The molecule has 1 N–H and O–H groups in total. The molecule has 21 heavy (non-hydrogen) atoms. The molecule has 1 aliphatic carbocycles. The zero-order chi connectivity index (χ0) is 15.5. The fourth-order valence-corrected chi connectivity index (χ4v) is 3.73. The molecular formula is C18H27F2N. The highest BCUT2D eigenvalue weighted by molar-refractivity contribution is 5.21. The molecule has 2 rings (SSSR count). The van der Waals surface area contributed by atoms with E-state index in [-0.39, 0.29) is 17.0 Å². The first-order chi connectivity index (χ1) is 9.95. The minimum absolute atomic E-state index is 0.147. The Morgan fingerprint density at radius 2 is 1.95 bits per heavy atom. The first-order valence-electron chi connectivity index (χ1n) is 8.12. The van der Waals surface area contributed by atoms with Crippen LogP contribution in [0, 0.1) is 23.0 Å². The van der Waals surface area contributed by atoms with Crippen LogP contribution in [0.5, 0.6) is 0 Å². The molecule has 1 fully saturated rings. The SMILES string of the molecule is CCCNC(Cc1c(F)cccc1F)C1CCCC1(C)C. The molecule has 0 aliphatic heterocycles. The minimum atomic E-state index is -0.422. The second-order valence-electron chi connectivity index (χ2n) is 6.95. The summed E-state index contributed by atoms with van der Waals surface area (Å²) in [5.74, 6) is -0.369. The molecule has 0 saturated heterocycles. The lowest BCUT2D eigenvalue weighted by Crippen LogP contribution is -2.43. The summed E-state index contributed by atoms with van der Waals surface area (Å²) < 4.78 is 27.9. The number of nitrogens with one attached hydrogen (secondary N) is 1. The van der Waals surface area contributed by atoms with Gasteiger partial charge in [0, 0.05) is 11.6 Å². The number of rotatable bonds is 6. The third-order valence-corrected chi connectivity index (χ3v) is 4.97. The van der Waals surface area contributed by atoms with Crippen molar-refractivity contribution in [2.24, 2.45) is 11.3 Å². The Bertz CT molecular complexity index is 450. The molecule has 1 saturated carbocycles. The van der Waals surface area contributed by atoms with Gasteiger partial charge in [0.25, 0.3) is 0 Å². The van der Waals surface area contributed by atoms with Crippen molar-refractivity contribution in [3.8, 4) is 0 Å². The van der Waals surface area contributed by atoms with E-state index < -0.39 is 11.6 Å². The summed E-state index contributed by atoms with van der Waals surface area (Å²) in [5.41, 5.74) is 0.474. The molecule has 1 aromatic rings. The van der Waals surface area contributed by atoms with Gasteiger partial charge in [-0.3, -0.25) is 0 Å².